The van der Waals surface area contributed by atoms with Crippen LogP contribution in [-0.4, -0.2) is 0 Å². The molecule has 0 bridgehead atoms. The van der Waals surface area contributed by atoms with Gasteiger partial charge < -0.3 is 0 Å². The Morgan fingerprint density at radius 1 is 0.840 bits per heavy atom. The molecular formula is C23H22ClI. The van der Waals surface area contributed by atoms with E-state index in [0.29, 0.717) is 5.92 Å². The second-order valence-electron chi connectivity index (χ2n) is 6.51. The molecule has 0 radical (unpaired) electrons. The van der Waals surface area contributed by atoms with E-state index in [0.717, 1.165) is 16.1 Å². The van der Waals surface area contributed by atoms with Crippen molar-refractivity contribution in [2.24, 2.45) is 0 Å². The quantitative estimate of drug-likeness (QED) is 0.337. The molecule has 0 aliphatic carbocycles. The molecule has 3 aromatic carbocycles. The molecule has 128 valence electrons. The highest BCUT2D eigenvalue weighted by atomic mass is 127. The first-order chi connectivity index (χ1) is 12.1. The Morgan fingerprint density at radius 2 is 1.44 bits per heavy atom. The standard InChI is InChI=1S/C23H22ClI/c1-3-4-16(2)17-5-7-19(8-6-17)22-14-11-20(15-23(22)24)18-9-12-21(25)13-10-18/h5-16H,3-4H2,1-2H3. The summed E-state index contributed by atoms with van der Waals surface area (Å²) < 4.78 is 1.24. The third-order valence-electron chi connectivity index (χ3n) is 4.66. The molecule has 0 nitrogen and oxygen atoms in total. The van der Waals surface area contributed by atoms with Crippen molar-refractivity contribution >= 4 is 34.2 Å². The highest BCUT2D eigenvalue weighted by molar-refractivity contribution is 14.1. The van der Waals surface area contributed by atoms with Crippen molar-refractivity contribution in [3.05, 3.63) is 80.9 Å². The number of benzene rings is 3. The molecule has 0 saturated heterocycles. The van der Waals surface area contributed by atoms with Gasteiger partial charge in [-0.3, -0.25) is 0 Å². The summed E-state index contributed by atoms with van der Waals surface area (Å²) in [7, 11) is 0. The molecule has 0 spiro atoms. The maximum Gasteiger partial charge on any atom is 0.0490 e. The Bertz CT molecular complexity index is 835. The fourth-order valence-electron chi connectivity index (χ4n) is 3.16. The molecule has 0 heterocycles. The van der Waals surface area contributed by atoms with Crippen LogP contribution in [0.2, 0.25) is 5.02 Å². The average molecular weight is 461 g/mol. The van der Waals surface area contributed by atoms with Crippen molar-refractivity contribution in [2.45, 2.75) is 32.6 Å². The van der Waals surface area contributed by atoms with E-state index >= 15 is 0 Å². The van der Waals surface area contributed by atoms with E-state index in [9.17, 15) is 0 Å². The monoisotopic (exact) mass is 460 g/mol. The fourth-order valence-corrected chi connectivity index (χ4v) is 3.81. The summed E-state index contributed by atoms with van der Waals surface area (Å²) in [6, 6.07) is 23.7. The lowest BCUT2D eigenvalue weighted by molar-refractivity contribution is 0.665. The molecule has 0 aliphatic heterocycles. The van der Waals surface area contributed by atoms with Gasteiger partial charge in [-0.05, 0) is 75.4 Å². The molecule has 1 atom stereocenters. The normalized spacial score (nSPS) is 12.2. The first-order valence-electron chi connectivity index (χ1n) is 8.74. The number of halogens is 2. The summed E-state index contributed by atoms with van der Waals surface area (Å²) in [6.07, 6.45) is 2.44. The number of rotatable bonds is 5. The minimum absolute atomic E-state index is 0.609. The van der Waals surface area contributed by atoms with Crippen molar-refractivity contribution in [3.63, 3.8) is 0 Å². The zero-order valence-corrected chi connectivity index (χ0v) is 17.5. The maximum absolute atomic E-state index is 6.60. The molecule has 3 rings (SSSR count). The van der Waals surface area contributed by atoms with E-state index in [1.54, 1.807) is 0 Å². The predicted molar refractivity (Wildman–Crippen MR) is 118 cm³/mol. The summed E-state index contributed by atoms with van der Waals surface area (Å²) in [4.78, 5) is 0. The summed E-state index contributed by atoms with van der Waals surface area (Å²) in [5, 5.41) is 0.797. The van der Waals surface area contributed by atoms with E-state index in [1.165, 1.54) is 33.1 Å². The van der Waals surface area contributed by atoms with Crippen LogP contribution in [0.15, 0.2) is 66.7 Å². The van der Waals surface area contributed by atoms with E-state index in [2.05, 4.69) is 103 Å². The third-order valence-corrected chi connectivity index (χ3v) is 5.69. The van der Waals surface area contributed by atoms with Crippen molar-refractivity contribution < 1.29 is 0 Å². The Hall–Kier alpha value is -1.32. The smallest absolute Gasteiger partial charge is 0.0490 e. The Labute approximate surface area is 169 Å². The van der Waals surface area contributed by atoms with Crippen LogP contribution >= 0.6 is 34.2 Å². The minimum Gasteiger partial charge on any atom is -0.0836 e. The zero-order chi connectivity index (χ0) is 17.8. The maximum atomic E-state index is 6.60. The van der Waals surface area contributed by atoms with Crippen LogP contribution in [0.5, 0.6) is 0 Å². The average Bonchev–Trinajstić information content (AvgIpc) is 2.63. The zero-order valence-electron chi connectivity index (χ0n) is 14.6. The third kappa shape index (κ3) is 4.45. The van der Waals surface area contributed by atoms with Crippen LogP contribution in [-0.2, 0) is 0 Å². The van der Waals surface area contributed by atoms with Crippen LogP contribution in [0.1, 0.15) is 38.2 Å². The summed E-state index contributed by atoms with van der Waals surface area (Å²) in [5.41, 5.74) is 6.01. The van der Waals surface area contributed by atoms with Gasteiger partial charge in [0.2, 0.25) is 0 Å². The molecule has 2 heteroatoms. The van der Waals surface area contributed by atoms with Crippen molar-refractivity contribution in [1.82, 2.24) is 0 Å². The summed E-state index contributed by atoms with van der Waals surface area (Å²) in [6.45, 7) is 4.53. The summed E-state index contributed by atoms with van der Waals surface area (Å²) in [5.74, 6) is 0.609. The van der Waals surface area contributed by atoms with E-state index in [4.69, 9.17) is 11.6 Å². The predicted octanol–water partition coefficient (Wildman–Crippen LogP) is 8.18. The van der Waals surface area contributed by atoms with Gasteiger partial charge in [-0.25, -0.2) is 0 Å². The largest absolute Gasteiger partial charge is 0.0836 e. The Balaban J connectivity index is 1.87. The van der Waals surface area contributed by atoms with Crippen LogP contribution < -0.4 is 0 Å². The lowest BCUT2D eigenvalue weighted by Gasteiger charge is -2.12. The summed E-state index contributed by atoms with van der Waals surface area (Å²) >= 11 is 8.92. The highest BCUT2D eigenvalue weighted by Crippen LogP contribution is 2.33. The minimum atomic E-state index is 0.609. The van der Waals surface area contributed by atoms with Gasteiger partial charge in [-0.1, -0.05) is 80.4 Å². The van der Waals surface area contributed by atoms with Crippen molar-refractivity contribution in [1.29, 1.82) is 0 Å². The highest BCUT2D eigenvalue weighted by Gasteiger charge is 2.08. The molecular weight excluding hydrogens is 439 g/mol. The molecule has 25 heavy (non-hydrogen) atoms. The van der Waals surface area contributed by atoms with E-state index < -0.39 is 0 Å². The van der Waals surface area contributed by atoms with Gasteiger partial charge in [-0.2, -0.15) is 0 Å². The molecule has 0 fully saturated rings. The SMILES string of the molecule is CCCC(C)c1ccc(-c2ccc(-c3ccc(I)cc3)cc2Cl)cc1. The molecule has 0 aliphatic rings. The molecule has 0 amide bonds. The van der Waals surface area contributed by atoms with Crippen LogP contribution in [0.25, 0.3) is 22.3 Å². The molecule has 1 unspecified atom stereocenters. The lowest BCUT2D eigenvalue weighted by Crippen LogP contribution is -1.92. The molecule has 3 aromatic rings. The van der Waals surface area contributed by atoms with Crippen molar-refractivity contribution in [2.75, 3.05) is 0 Å². The van der Waals surface area contributed by atoms with Crippen LogP contribution in [0.4, 0.5) is 0 Å². The lowest BCUT2D eigenvalue weighted by atomic mass is 9.94. The van der Waals surface area contributed by atoms with Gasteiger partial charge in [0.05, 0.1) is 0 Å². The Morgan fingerprint density at radius 3 is 2.04 bits per heavy atom. The van der Waals surface area contributed by atoms with Gasteiger partial charge in [0.1, 0.15) is 0 Å². The van der Waals surface area contributed by atoms with E-state index in [-0.39, 0.29) is 0 Å². The first-order valence-corrected chi connectivity index (χ1v) is 10.2. The van der Waals surface area contributed by atoms with Gasteiger partial charge in [0.25, 0.3) is 0 Å². The topological polar surface area (TPSA) is 0 Å². The first kappa shape index (κ1) is 18.5. The van der Waals surface area contributed by atoms with Gasteiger partial charge in [-0.15, -0.1) is 0 Å². The molecule has 0 aromatic heterocycles. The van der Waals surface area contributed by atoms with Crippen molar-refractivity contribution in [3.8, 4) is 22.3 Å². The molecule has 0 saturated carbocycles. The van der Waals surface area contributed by atoms with Gasteiger partial charge in [0, 0.05) is 14.2 Å². The van der Waals surface area contributed by atoms with Crippen LogP contribution in [0.3, 0.4) is 0 Å². The molecule has 0 N–H and O–H groups in total. The van der Waals surface area contributed by atoms with Crippen LogP contribution in [0, 0.1) is 3.57 Å². The second kappa shape index (κ2) is 8.37. The Kier molecular flexibility index (Phi) is 6.19. The van der Waals surface area contributed by atoms with Gasteiger partial charge >= 0.3 is 0 Å². The fraction of sp³-hybridized carbons (Fsp3) is 0.217. The van der Waals surface area contributed by atoms with E-state index in [1.807, 2.05) is 0 Å². The second-order valence-corrected chi connectivity index (χ2v) is 8.17. The number of hydrogen-bond donors (Lipinski definition) is 0. The number of hydrogen-bond acceptors (Lipinski definition) is 0. The van der Waals surface area contributed by atoms with Gasteiger partial charge in [0.15, 0.2) is 0 Å².